The average Bonchev–Trinajstić information content (AvgIpc) is 2.37. The van der Waals surface area contributed by atoms with E-state index in [9.17, 15) is 14.9 Å². The first-order chi connectivity index (χ1) is 8.60. The summed E-state index contributed by atoms with van der Waals surface area (Å²) in [5.41, 5.74) is 0.696. The number of thioether (sulfide) groups is 1. The van der Waals surface area contributed by atoms with Gasteiger partial charge in [0.15, 0.2) is 0 Å². The van der Waals surface area contributed by atoms with Gasteiger partial charge in [0.05, 0.1) is 4.92 Å². The van der Waals surface area contributed by atoms with Gasteiger partial charge in [0, 0.05) is 31.0 Å². The lowest BCUT2D eigenvalue weighted by molar-refractivity contribution is -0.383. The molecule has 0 fully saturated rings. The first-order valence-electron chi connectivity index (χ1n) is 5.33. The van der Waals surface area contributed by atoms with Crippen molar-refractivity contribution in [1.82, 2.24) is 5.32 Å². The zero-order valence-electron chi connectivity index (χ0n) is 10.2. The number of hydrogen-bond acceptors (Lipinski definition) is 5. The van der Waals surface area contributed by atoms with Gasteiger partial charge in [0.1, 0.15) is 5.69 Å². The summed E-state index contributed by atoms with van der Waals surface area (Å²) in [4.78, 5) is 22.0. The minimum atomic E-state index is -0.485. The van der Waals surface area contributed by atoms with Gasteiger partial charge in [-0.25, -0.2) is 0 Å². The third kappa shape index (κ3) is 3.63. The van der Waals surface area contributed by atoms with Crippen LogP contribution in [0.25, 0.3) is 0 Å². The summed E-state index contributed by atoms with van der Waals surface area (Å²) >= 11 is 1.64. The molecule has 0 spiro atoms. The summed E-state index contributed by atoms with van der Waals surface area (Å²) in [5.74, 6) is 0.605. The number of carbonyl (C=O) groups is 1. The Morgan fingerprint density at radius 3 is 2.78 bits per heavy atom. The zero-order chi connectivity index (χ0) is 13.5. The third-order valence-corrected chi connectivity index (χ3v) is 2.93. The van der Waals surface area contributed by atoms with E-state index in [0.717, 1.165) is 5.75 Å². The fraction of sp³-hybridized carbons (Fsp3) is 0.364. The lowest BCUT2D eigenvalue weighted by Gasteiger charge is -2.07. The molecule has 0 heterocycles. The second kappa shape index (κ2) is 6.85. The summed E-state index contributed by atoms with van der Waals surface area (Å²) in [5, 5.41) is 16.2. The molecule has 0 unspecified atom stereocenters. The van der Waals surface area contributed by atoms with Crippen LogP contribution >= 0.6 is 11.8 Å². The van der Waals surface area contributed by atoms with E-state index in [4.69, 9.17) is 0 Å². The Labute approximate surface area is 109 Å². The van der Waals surface area contributed by atoms with E-state index in [2.05, 4.69) is 10.6 Å². The van der Waals surface area contributed by atoms with Crippen molar-refractivity contribution in [3.63, 3.8) is 0 Å². The maximum absolute atomic E-state index is 11.8. The van der Waals surface area contributed by atoms with Crippen LogP contribution in [0.4, 0.5) is 11.4 Å². The summed E-state index contributed by atoms with van der Waals surface area (Å²) in [7, 11) is 1.58. The van der Waals surface area contributed by atoms with Gasteiger partial charge in [0.25, 0.3) is 11.6 Å². The lowest BCUT2D eigenvalue weighted by Crippen LogP contribution is -2.25. The molecule has 0 aliphatic heterocycles. The molecule has 0 aromatic heterocycles. The van der Waals surface area contributed by atoms with Crippen LogP contribution in [-0.2, 0) is 0 Å². The number of rotatable bonds is 6. The smallest absolute Gasteiger partial charge is 0.292 e. The van der Waals surface area contributed by atoms with E-state index in [0.29, 0.717) is 17.8 Å². The van der Waals surface area contributed by atoms with E-state index < -0.39 is 4.92 Å². The van der Waals surface area contributed by atoms with Crippen LogP contribution in [0.2, 0.25) is 0 Å². The van der Waals surface area contributed by atoms with Crippen LogP contribution in [0.1, 0.15) is 10.4 Å². The van der Waals surface area contributed by atoms with E-state index in [-0.39, 0.29) is 11.6 Å². The number of benzene rings is 1. The van der Waals surface area contributed by atoms with Crippen molar-refractivity contribution in [1.29, 1.82) is 0 Å². The Kier molecular flexibility index (Phi) is 5.44. The molecule has 1 rings (SSSR count). The zero-order valence-corrected chi connectivity index (χ0v) is 11.0. The molecule has 6 nitrogen and oxygen atoms in total. The molecule has 1 aromatic carbocycles. The molecule has 1 aromatic rings. The molecular weight excluding hydrogens is 254 g/mol. The molecule has 0 aliphatic carbocycles. The van der Waals surface area contributed by atoms with Crippen molar-refractivity contribution in [2.45, 2.75) is 0 Å². The van der Waals surface area contributed by atoms with Gasteiger partial charge in [-0.3, -0.25) is 14.9 Å². The topological polar surface area (TPSA) is 84.3 Å². The highest BCUT2D eigenvalue weighted by Gasteiger charge is 2.15. The molecule has 7 heteroatoms. The predicted octanol–water partition coefficient (Wildman–Crippen LogP) is 1.73. The Hall–Kier alpha value is -1.76. The van der Waals surface area contributed by atoms with Gasteiger partial charge >= 0.3 is 0 Å². The largest absolute Gasteiger partial charge is 0.383 e. The van der Waals surface area contributed by atoms with Crippen molar-refractivity contribution in [2.75, 3.05) is 30.9 Å². The second-order valence-corrected chi connectivity index (χ2v) is 4.47. The molecule has 98 valence electrons. The van der Waals surface area contributed by atoms with Crippen molar-refractivity contribution in [2.24, 2.45) is 0 Å². The Balaban J connectivity index is 2.85. The van der Waals surface area contributed by atoms with Crippen molar-refractivity contribution >= 4 is 29.0 Å². The van der Waals surface area contributed by atoms with E-state index in [1.54, 1.807) is 18.8 Å². The Morgan fingerprint density at radius 1 is 1.50 bits per heavy atom. The van der Waals surface area contributed by atoms with Gasteiger partial charge in [-0.05, 0) is 18.4 Å². The number of nitro groups is 1. The van der Waals surface area contributed by atoms with Crippen molar-refractivity contribution in [3.05, 3.63) is 33.9 Å². The number of carbonyl (C=O) groups excluding carboxylic acids is 1. The van der Waals surface area contributed by atoms with Crippen LogP contribution < -0.4 is 10.6 Å². The molecule has 2 N–H and O–H groups in total. The molecule has 0 radical (unpaired) electrons. The summed E-state index contributed by atoms with van der Waals surface area (Å²) in [6.45, 7) is 0.575. The van der Waals surface area contributed by atoms with E-state index in [1.807, 2.05) is 6.26 Å². The summed E-state index contributed by atoms with van der Waals surface area (Å²) < 4.78 is 0. The number of anilines is 1. The highest BCUT2D eigenvalue weighted by atomic mass is 32.2. The van der Waals surface area contributed by atoms with Crippen LogP contribution in [-0.4, -0.2) is 36.4 Å². The fourth-order valence-electron chi connectivity index (χ4n) is 1.41. The Bertz CT molecular complexity index is 451. The number of nitro benzene ring substituents is 1. The van der Waals surface area contributed by atoms with Gasteiger partial charge < -0.3 is 10.6 Å². The monoisotopic (exact) mass is 269 g/mol. The maximum atomic E-state index is 11.8. The number of hydrogen-bond donors (Lipinski definition) is 2. The van der Waals surface area contributed by atoms with Crippen LogP contribution in [0, 0.1) is 10.1 Å². The maximum Gasteiger partial charge on any atom is 0.292 e. The Morgan fingerprint density at radius 2 is 2.22 bits per heavy atom. The minimum Gasteiger partial charge on any atom is -0.383 e. The highest BCUT2D eigenvalue weighted by molar-refractivity contribution is 7.98. The van der Waals surface area contributed by atoms with E-state index in [1.165, 1.54) is 18.2 Å². The second-order valence-electron chi connectivity index (χ2n) is 3.49. The number of nitrogens with zero attached hydrogens (tertiary/aromatic N) is 1. The molecule has 0 saturated carbocycles. The summed E-state index contributed by atoms with van der Waals surface area (Å²) in [6, 6.07) is 4.26. The van der Waals surface area contributed by atoms with Gasteiger partial charge in [-0.1, -0.05) is 0 Å². The molecule has 1 amide bonds. The van der Waals surface area contributed by atoms with Crippen LogP contribution in [0.15, 0.2) is 18.2 Å². The molecule has 0 atom stereocenters. The minimum absolute atomic E-state index is 0.0434. The highest BCUT2D eigenvalue weighted by Crippen LogP contribution is 2.24. The number of nitrogens with one attached hydrogen (secondary N) is 2. The van der Waals surface area contributed by atoms with Crippen LogP contribution in [0.3, 0.4) is 0 Å². The first-order valence-corrected chi connectivity index (χ1v) is 6.73. The SMILES string of the molecule is CNc1cc(C(=O)NCCSC)ccc1[N+](=O)[O-]. The summed E-state index contributed by atoms with van der Waals surface area (Å²) in [6.07, 6.45) is 1.96. The van der Waals surface area contributed by atoms with Gasteiger partial charge in [0.2, 0.25) is 0 Å². The van der Waals surface area contributed by atoms with Gasteiger partial charge in [-0.15, -0.1) is 0 Å². The molecule has 0 saturated heterocycles. The molecular formula is C11H15N3O3S. The van der Waals surface area contributed by atoms with E-state index >= 15 is 0 Å². The first kappa shape index (κ1) is 14.3. The lowest BCUT2D eigenvalue weighted by atomic mass is 10.1. The third-order valence-electron chi connectivity index (χ3n) is 2.32. The molecule has 0 aliphatic rings. The number of amides is 1. The fourth-order valence-corrected chi connectivity index (χ4v) is 1.71. The molecule has 0 bridgehead atoms. The standard InChI is InChI=1S/C11H15N3O3S/c1-12-9-7-8(3-4-10(9)14(16)17)11(15)13-5-6-18-2/h3-4,7,12H,5-6H2,1-2H3,(H,13,15). The van der Waals surface area contributed by atoms with Crippen molar-refractivity contribution in [3.8, 4) is 0 Å². The molecule has 18 heavy (non-hydrogen) atoms. The average molecular weight is 269 g/mol. The van der Waals surface area contributed by atoms with Gasteiger partial charge in [-0.2, -0.15) is 11.8 Å². The quantitative estimate of drug-likeness (QED) is 0.467. The van der Waals surface area contributed by atoms with Crippen LogP contribution in [0.5, 0.6) is 0 Å². The predicted molar refractivity (Wildman–Crippen MR) is 73.4 cm³/mol. The normalized spacial score (nSPS) is 9.89. The van der Waals surface area contributed by atoms with Crippen molar-refractivity contribution < 1.29 is 9.72 Å².